The zero-order valence-corrected chi connectivity index (χ0v) is 17.8. The third-order valence-corrected chi connectivity index (χ3v) is 6.23. The molecule has 0 saturated heterocycles. The summed E-state index contributed by atoms with van der Waals surface area (Å²) < 4.78 is 8.70. The van der Waals surface area contributed by atoms with E-state index in [1.54, 1.807) is 0 Å². The SMILES string of the molecule is O=C(Oc1cccc(-c2nc3ccc(Br)cn3c2NC2CCCCC2)c1)C1CC1. The van der Waals surface area contributed by atoms with Gasteiger partial charge in [-0.3, -0.25) is 9.20 Å². The summed E-state index contributed by atoms with van der Waals surface area (Å²) in [6.07, 6.45) is 10.1. The van der Waals surface area contributed by atoms with Gasteiger partial charge in [-0.05, 0) is 65.9 Å². The quantitative estimate of drug-likeness (QED) is 0.390. The molecule has 2 fully saturated rings. The minimum atomic E-state index is -0.123. The highest BCUT2D eigenvalue weighted by molar-refractivity contribution is 9.10. The van der Waals surface area contributed by atoms with Crippen LogP contribution in [0.5, 0.6) is 5.75 Å². The minimum Gasteiger partial charge on any atom is -0.426 e. The van der Waals surface area contributed by atoms with Gasteiger partial charge < -0.3 is 10.1 Å². The number of halogens is 1. The van der Waals surface area contributed by atoms with Gasteiger partial charge in [0.1, 0.15) is 22.9 Å². The molecule has 0 spiro atoms. The van der Waals surface area contributed by atoms with E-state index in [1.165, 1.54) is 32.1 Å². The fourth-order valence-corrected chi connectivity index (χ4v) is 4.36. The molecule has 2 aromatic heterocycles. The number of esters is 1. The van der Waals surface area contributed by atoms with Gasteiger partial charge in [-0.15, -0.1) is 0 Å². The van der Waals surface area contributed by atoms with Crippen molar-refractivity contribution in [2.75, 3.05) is 5.32 Å². The first-order valence-corrected chi connectivity index (χ1v) is 11.2. The Labute approximate surface area is 178 Å². The highest BCUT2D eigenvalue weighted by atomic mass is 79.9. The van der Waals surface area contributed by atoms with Gasteiger partial charge in [-0.2, -0.15) is 0 Å². The number of aromatic nitrogens is 2. The van der Waals surface area contributed by atoms with Gasteiger partial charge in [0.2, 0.25) is 0 Å². The third-order valence-electron chi connectivity index (χ3n) is 5.77. The third kappa shape index (κ3) is 4.04. The van der Waals surface area contributed by atoms with Crippen LogP contribution in [0.3, 0.4) is 0 Å². The van der Waals surface area contributed by atoms with E-state index >= 15 is 0 Å². The van der Waals surface area contributed by atoms with Crippen molar-refractivity contribution in [2.45, 2.75) is 51.0 Å². The van der Waals surface area contributed by atoms with E-state index in [4.69, 9.17) is 9.72 Å². The molecular weight excluding hydrogens is 430 g/mol. The van der Waals surface area contributed by atoms with Crippen molar-refractivity contribution in [1.29, 1.82) is 0 Å². The Morgan fingerprint density at radius 3 is 2.72 bits per heavy atom. The second-order valence-corrected chi connectivity index (χ2v) is 9.00. The molecule has 3 aromatic rings. The van der Waals surface area contributed by atoms with Crippen molar-refractivity contribution < 1.29 is 9.53 Å². The molecule has 0 bridgehead atoms. The number of hydrogen-bond donors (Lipinski definition) is 1. The molecule has 29 heavy (non-hydrogen) atoms. The van der Waals surface area contributed by atoms with Crippen molar-refractivity contribution in [3.8, 4) is 17.0 Å². The molecule has 2 saturated carbocycles. The molecule has 6 heteroatoms. The van der Waals surface area contributed by atoms with Crippen LogP contribution >= 0.6 is 15.9 Å². The van der Waals surface area contributed by atoms with Gasteiger partial charge in [-0.25, -0.2) is 4.98 Å². The van der Waals surface area contributed by atoms with Crippen molar-refractivity contribution in [3.63, 3.8) is 0 Å². The maximum Gasteiger partial charge on any atom is 0.314 e. The highest BCUT2D eigenvalue weighted by Gasteiger charge is 2.31. The van der Waals surface area contributed by atoms with E-state index in [0.29, 0.717) is 11.8 Å². The molecule has 5 nitrogen and oxygen atoms in total. The lowest BCUT2D eigenvalue weighted by Gasteiger charge is -2.24. The maximum absolute atomic E-state index is 12.1. The van der Waals surface area contributed by atoms with E-state index < -0.39 is 0 Å². The van der Waals surface area contributed by atoms with Crippen LogP contribution in [0.15, 0.2) is 47.1 Å². The van der Waals surface area contributed by atoms with Gasteiger partial charge >= 0.3 is 5.97 Å². The largest absolute Gasteiger partial charge is 0.426 e. The molecule has 0 aliphatic heterocycles. The maximum atomic E-state index is 12.1. The minimum absolute atomic E-state index is 0.0785. The fourth-order valence-electron chi connectivity index (χ4n) is 4.02. The number of pyridine rings is 1. The number of anilines is 1. The van der Waals surface area contributed by atoms with Crippen LogP contribution in [-0.2, 0) is 4.79 Å². The Morgan fingerprint density at radius 1 is 1.10 bits per heavy atom. The molecule has 2 aliphatic carbocycles. The lowest BCUT2D eigenvalue weighted by Crippen LogP contribution is -2.23. The second-order valence-electron chi connectivity index (χ2n) is 8.09. The summed E-state index contributed by atoms with van der Waals surface area (Å²) in [6, 6.07) is 12.2. The molecule has 2 aliphatic rings. The van der Waals surface area contributed by atoms with Crippen molar-refractivity contribution in [2.24, 2.45) is 5.92 Å². The van der Waals surface area contributed by atoms with Crippen LogP contribution in [0.4, 0.5) is 5.82 Å². The number of ether oxygens (including phenoxy) is 1. The zero-order chi connectivity index (χ0) is 19.8. The van der Waals surface area contributed by atoms with E-state index in [1.807, 2.05) is 42.6 Å². The first-order chi connectivity index (χ1) is 14.2. The van der Waals surface area contributed by atoms with E-state index in [9.17, 15) is 4.79 Å². The van der Waals surface area contributed by atoms with Crippen LogP contribution in [0.1, 0.15) is 44.9 Å². The average molecular weight is 454 g/mol. The van der Waals surface area contributed by atoms with Crippen LogP contribution in [0.25, 0.3) is 16.9 Å². The van der Waals surface area contributed by atoms with Crippen molar-refractivity contribution in [1.82, 2.24) is 9.38 Å². The molecule has 5 rings (SSSR count). The average Bonchev–Trinajstić information content (AvgIpc) is 3.53. The predicted molar refractivity (Wildman–Crippen MR) is 117 cm³/mol. The second kappa shape index (κ2) is 7.82. The van der Waals surface area contributed by atoms with Crippen molar-refractivity contribution in [3.05, 3.63) is 47.1 Å². The molecule has 0 unspecified atom stereocenters. The summed E-state index contributed by atoms with van der Waals surface area (Å²) in [4.78, 5) is 17.0. The molecule has 0 atom stereocenters. The monoisotopic (exact) mass is 453 g/mol. The lowest BCUT2D eigenvalue weighted by atomic mass is 9.95. The molecule has 1 aromatic carbocycles. The molecule has 1 N–H and O–H groups in total. The molecule has 0 radical (unpaired) electrons. The summed E-state index contributed by atoms with van der Waals surface area (Å²) in [7, 11) is 0. The van der Waals surface area contributed by atoms with Crippen LogP contribution < -0.4 is 10.1 Å². The number of fused-ring (bicyclic) bond motifs is 1. The molecule has 0 amide bonds. The number of carbonyl (C=O) groups is 1. The van der Waals surface area contributed by atoms with Gasteiger partial charge in [0.15, 0.2) is 0 Å². The van der Waals surface area contributed by atoms with Gasteiger partial charge in [-0.1, -0.05) is 31.4 Å². The van der Waals surface area contributed by atoms with Gasteiger partial charge in [0.25, 0.3) is 0 Å². The normalized spacial score (nSPS) is 17.4. The van der Waals surface area contributed by atoms with Crippen LogP contribution in [0, 0.1) is 5.92 Å². The number of carbonyl (C=O) groups excluding carboxylic acids is 1. The fraction of sp³-hybridized carbons (Fsp3) is 0.391. The number of imidazole rings is 1. The molecular formula is C23H24BrN3O2. The summed E-state index contributed by atoms with van der Waals surface area (Å²) in [5.41, 5.74) is 2.73. The van der Waals surface area contributed by atoms with Crippen LogP contribution in [0.2, 0.25) is 0 Å². The Hall–Kier alpha value is -2.34. The molecule has 2 heterocycles. The predicted octanol–water partition coefficient (Wildman–Crippen LogP) is 5.82. The Bertz CT molecular complexity index is 1050. The number of nitrogens with one attached hydrogen (secondary N) is 1. The summed E-state index contributed by atoms with van der Waals surface area (Å²) in [6.45, 7) is 0. The van der Waals surface area contributed by atoms with Crippen LogP contribution in [-0.4, -0.2) is 21.4 Å². The Kier molecular flexibility index (Phi) is 5.04. The number of hydrogen-bond acceptors (Lipinski definition) is 4. The van der Waals surface area contributed by atoms with E-state index in [2.05, 4.69) is 25.6 Å². The summed E-state index contributed by atoms with van der Waals surface area (Å²) in [5.74, 6) is 1.54. The standard InChI is InChI=1S/C23H24BrN3O2/c24-17-11-12-20-26-21(22(27(20)14-17)25-18-6-2-1-3-7-18)16-5-4-8-19(13-16)29-23(28)15-9-10-15/h4-5,8,11-15,18,25H,1-3,6-7,9-10H2. The Balaban J connectivity index is 1.53. The molecule has 150 valence electrons. The smallest absolute Gasteiger partial charge is 0.314 e. The number of benzene rings is 1. The van der Waals surface area contributed by atoms with E-state index in [-0.39, 0.29) is 11.9 Å². The van der Waals surface area contributed by atoms with Gasteiger partial charge in [0.05, 0.1) is 5.92 Å². The Morgan fingerprint density at radius 2 is 1.93 bits per heavy atom. The summed E-state index contributed by atoms with van der Waals surface area (Å²) >= 11 is 3.58. The van der Waals surface area contributed by atoms with Crippen molar-refractivity contribution >= 4 is 33.4 Å². The number of nitrogens with zero attached hydrogens (tertiary/aromatic N) is 2. The highest BCUT2D eigenvalue weighted by Crippen LogP contribution is 2.35. The topological polar surface area (TPSA) is 55.6 Å². The first-order valence-electron chi connectivity index (χ1n) is 10.4. The zero-order valence-electron chi connectivity index (χ0n) is 16.2. The van der Waals surface area contributed by atoms with E-state index in [0.717, 1.165) is 40.0 Å². The number of rotatable bonds is 5. The lowest BCUT2D eigenvalue weighted by molar-refractivity contribution is -0.135. The van der Waals surface area contributed by atoms with Gasteiger partial charge in [0, 0.05) is 22.3 Å². The summed E-state index contributed by atoms with van der Waals surface area (Å²) in [5, 5.41) is 3.76. The first kappa shape index (κ1) is 18.7.